The molecule has 0 aliphatic heterocycles. The zero-order valence-electron chi connectivity index (χ0n) is 11.7. The average Bonchev–Trinajstić information content (AvgIpc) is 2.78. The van der Waals surface area contributed by atoms with Gasteiger partial charge in [0.1, 0.15) is 0 Å². The van der Waals surface area contributed by atoms with Crippen LogP contribution >= 0.6 is 0 Å². The van der Waals surface area contributed by atoms with Gasteiger partial charge >= 0.3 is 0 Å². The molecule has 0 heterocycles. The van der Waals surface area contributed by atoms with Crippen LogP contribution in [0, 0.1) is 0 Å². The summed E-state index contributed by atoms with van der Waals surface area (Å²) in [5.74, 6) is 0.695. The highest BCUT2D eigenvalue weighted by Crippen LogP contribution is 2.36. The summed E-state index contributed by atoms with van der Waals surface area (Å²) in [7, 11) is 0. The van der Waals surface area contributed by atoms with Gasteiger partial charge in [-0.25, -0.2) is 0 Å². The van der Waals surface area contributed by atoms with Crippen LogP contribution in [0.2, 0.25) is 0 Å². The van der Waals surface area contributed by atoms with Gasteiger partial charge in [-0.05, 0) is 56.2 Å². The summed E-state index contributed by atoms with van der Waals surface area (Å²) in [5.41, 5.74) is 4.43. The first-order valence-electron chi connectivity index (χ1n) is 7.18. The Morgan fingerprint density at radius 2 is 2.22 bits per heavy atom. The maximum atomic E-state index is 4.03. The highest BCUT2D eigenvalue weighted by Gasteiger charge is 2.28. The van der Waals surface area contributed by atoms with Crippen molar-refractivity contribution in [3.05, 3.63) is 47.5 Å². The Bertz CT molecular complexity index is 408. The lowest BCUT2D eigenvalue weighted by Gasteiger charge is -2.25. The van der Waals surface area contributed by atoms with E-state index in [2.05, 4.69) is 50.0 Å². The lowest BCUT2D eigenvalue weighted by molar-refractivity contribution is 0.413. The Labute approximate surface area is 111 Å². The normalized spacial score (nSPS) is 19.6. The molecule has 1 heteroatoms. The van der Waals surface area contributed by atoms with E-state index in [4.69, 9.17) is 0 Å². The number of hydrogen-bond acceptors (Lipinski definition) is 1. The molecule has 1 N–H and O–H groups in total. The number of allylic oxidation sites excluding steroid dienone is 1. The lowest BCUT2D eigenvalue weighted by atomic mass is 9.89. The Morgan fingerprint density at radius 1 is 1.44 bits per heavy atom. The molecule has 0 saturated heterocycles. The molecule has 98 valence electrons. The second kappa shape index (κ2) is 6.19. The van der Waals surface area contributed by atoms with Gasteiger partial charge in [0.2, 0.25) is 0 Å². The van der Waals surface area contributed by atoms with Crippen LogP contribution in [0.25, 0.3) is 0 Å². The van der Waals surface area contributed by atoms with Crippen LogP contribution in [0.4, 0.5) is 0 Å². The molecule has 0 fully saturated rings. The molecule has 0 spiro atoms. The van der Waals surface area contributed by atoms with Gasteiger partial charge in [-0.15, -0.1) is 6.58 Å². The Balaban J connectivity index is 2.10. The first-order valence-corrected chi connectivity index (χ1v) is 7.18. The fourth-order valence-electron chi connectivity index (χ4n) is 3.12. The van der Waals surface area contributed by atoms with Gasteiger partial charge in [0, 0.05) is 6.04 Å². The third-order valence-corrected chi connectivity index (χ3v) is 4.01. The molecule has 18 heavy (non-hydrogen) atoms. The van der Waals surface area contributed by atoms with Gasteiger partial charge in [0.25, 0.3) is 0 Å². The predicted octanol–water partition coefficient (Wildman–Crippen LogP) is 4.05. The fourth-order valence-corrected chi connectivity index (χ4v) is 3.12. The summed E-state index contributed by atoms with van der Waals surface area (Å²) in [6.45, 7) is 9.42. The van der Waals surface area contributed by atoms with E-state index in [0.717, 1.165) is 13.0 Å². The van der Waals surface area contributed by atoms with Crippen molar-refractivity contribution in [1.82, 2.24) is 5.32 Å². The molecule has 2 atom stereocenters. The molecule has 0 bridgehead atoms. The van der Waals surface area contributed by atoms with E-state index in [9.17, 15) is 0 Å². The van der Waals surface area contributed by atoms with E-state index in [0.29, 0.717) is 12.0 Å². The number of aryl methyl sites for hydroxylation is 1. The summed E-state index contributed by atoms with van der Waals surface area (Å²) in [6, 6.07) is 9.56. The Hall–Kier alpha value is -1.08. The number of fused-ring (bicyclic) bond motifs is 1. The topological polar surface area (TPSA) is 12.0 Å². The van der Waals surface area contributed by atoms with Crippen LogP contribution in [0.3, 0.4) is 0 Å². The molecule has 2 rings (SSSR count). The second-order valence-electron chi connectivity index (χ2n) is 5.50. The van der Waals surface area contributed by atoms with Crippen molar-refractivity contribution in [3.63, 3.8) is 0 Å². The highest BCUT2D eigenvalue weighted by atomic mass is 14.9. The molecular formula is C17H25N. The summed E-state index contributed by atoms with van der Waals surface area (Å²) >= 11 is 0. The summed E-state index contributed by atoms with van der Waals surface area (Å²) in [5, 5.41) is 3.68. The van der Waals surface area contributed by atoms with Crippen LogP contribution < -0.4 is 5.32 Å². The number of likely N-dealkylation sites (N-methyl/N-ethyl adjacent to an activating group) is 1. The van der Waals surface area contributed by atoms with Crippen molar-refractivity contribution in [2.75, 3.05) is 6.54 Å². The van der Waals surface area contributed by atoms with Crippen LogP contribution in [-0.2, 0) is 6.42 Å². The molecule has 1 nitrogen and oxygen atoms in total. The van der Waals surface area contributed by atoms with Gasteiger partial charge in [-0.3, -0.25) is 0 Å². The van der Waals surface area contributed by atoms with Crippen LogP contribution in [0.1, 0.15) is 50.2 Å². The monoisotopic (exact) mass is 243 g/mol. The van der Waals surface area contributed by atoms with Crippen LogP contribution in [0.15, 0.2) is 36.4 Å². The molecule has 0 saturated carbocycles. The average molecular weight is 243 g/mol. The SMILES string of the molecule is C=C(C)CCC(NCC)C1CCc2ccccc21. The lowest BCUT2D eigenvalue weighted by Crippen LogP contribution is -2.34. The third-order valence-electron chi connectivity index (χ3n) is 4.01. The number of benzene rings is 1. The van der Waals surface area contributed by atoms with E-state index in [-0.39, 0.29) is 0 Å². The minimum Gasteiger partial charge on any atom is -0.314 e. The van der Waals surface area contributed by atoms with Crippen LogP contribution in [0.5, 0.6) is 0 Å². The quantitative estimate of drug-likeness (QED) is 0.743. The first-order chi connectivity index (χ1) is 8.72. The number of rotatable bonds is 6. The maximum Gasteiger partial charge on any atom is 0.0139 e. The smallest absolute Gasteiger partial charge is 0.0139 e. The van der Waals surface area contributed by atoms with Gasteiger partial charge in [0.15, 0.2) is 0 Å². The molecular weight excluding hydrogens is 218 g/mol. The van der Waals surface area contributed by atoms with Gasteiger partial charge < -0.3 is 5.32 Å². The van der Waals surface area contributed by atoms with Crippen LogP contribution in [-0.4, -0.2) is 12.6 Å². The minimum absolute atomic E-state index is 0.607. The zero-order chi connectivity index (χ0) is 13.0. The Morgan fingerprint density at radius 3 is 2.94 bits per heavy atom. The molecule has 1 aromatic rings. The van der Waals surface area contributed by atoms with Crippen molar-refractivity contribution < 1.29 is 0 Å². The van der Waals surface area contributed by atoms with Crippen molar-refractivity contribution >= 4 is 0 Å². The number of hydrogen-bond donors (Lipinski definition) is 1. The summed E-state index contributed by atoms with van der Waals surface area (Å²) < 4.78 is 0. The molecule has 1 aliphatic rings. The van der Waals surface area contributed by atoms with E-state index in [1.165, 1.54) is 24.8 Å². The third kappa shape index (κ3) is 3.02. The largest absolute Gasteiger partial charge is 0.314 e. The van der Waals surface area contributed by atoms with E-state index >= 15 is 0 Å². The van der Waals surface area contributed by atoms with Crippen molar-refractivity contribution in [2.45, 2.75) is 51.5 Å². The first kappa shape index (κ1) is 13.4. The standard InChI is InChI=1S/C17H25N/c1-4-18-17(12-9-13(2)3)16-11-10-14-7-5-6-8-15(14)16/h5-8,16-18H,2,4,9-12H2,1,3H3. The minimum atomic E-state index is 0.607. The Kier molecular flexibility index (Phi) is 4.60. The molecule has 1 aromatic carbocycles. The summed E-state index contributed by atoms with van der Waals surface area (Å²) in [6.07, 6.45) is 4.89. The van der Waals surface area contributed by atoms with E-state index in [1.54, 1.807) is 11.1 Å². The van der Waals surface area contributed by atoms with Crippen molar-refractivity contribution in [3.8, 4) is 0 Å². The van der Waals surface area contributed by atoms with Gasteiger partial charge in [-0.1, -0.05) is 36.8 Å². The van der Waals surface area contributed by atoms with E-state index < -0.39 is 0 Å². The summed E-state index contributed by atoms with van der Waals surface area (Å²) in [4.78, 5) is 0. The molecule has 0 aromatic heterocycles. The molecule has 0 radical (unpaired) electrons. The molecule has 0 amide bonds. The maximum absolute atomic E-state index is 4.03. The fraction of sp³-hybridized carbons (Fsp3) is 0.529. The van der Waals surface area contributed by atoms with Crippen molar-refractivity contribution in [1.29, 1.82) is 0 Å². The van der Waals surface area contributed by atoms with Gasteiger partial charge in [0.05, 0.1) is 0 Å². The predicted molar refractivity (Wildman–Crippen MR) is 79.0 cm³/mol. The zero-order valence-corrected chi connectivity index (χ0v) is 11.7. The van der Waals surface area contributed by atoms with Gasteiger partial charge in [-0.2, -0.15) is 0 Å². The van der Waals surface area contributed by atoms with Crippen molar-refractivity contribution in [2.24, 2.45) is 0 Å². The molecule has 1 aliphatic carbocycles. The highest BCUT2D eigenvalue weighted by molar-refractivity contribution is 5.36. The van der Waals surface area contributed by atoms with E-state index in [1.807, 2.05) is 0 Å². The molecule has 2 unspecified atom stereocenters. The number of nitrogens with one attached hydrogen (secondary N) is 1. The second-order valence-corrected chi connectivity index (χ2v) is 5.50.